The lowest BCUT2D eigenvalue weighted by atomic mass is 10.2. The normalized spacial score (nSPS) is 15.1. The first-order valence-corrected chi connectivity index (χ1v) is 4.36. The van der Waals surface area contributed by atoms with Crippen LogP contribution in [0.1, 0.15) is 6.92 Å². The second kappa shape index (κ2) is 5.33. The average Bonchev–Trinajstić information content (AvgIpc) is 2.16. The first-order valence-electron chi connectivity index (χ1n) is 3.98. The number of carbonyl (C=O) groups is 2. The van der Waals surface area contributed by atoms with Crippen molar-refractivity contribution in [3.8, 4) is 0 Å². The fourth-order valence-electron chi connectivity index (χ4n) is 0.694. The number of hydrogen-bond donors (Lipinski definition) is 1. The summed E-state index contributed by atoms with van der Waals surface area (Å²) in [7, 11) is 0. The Kier molecular flexibility index (Phi) is 4.98. The summed E-state index contributed by atoms with van der Waals surface area (Å²) in [5.41, 5.74) is 0. The number of hydrogen-bond acceptors (Lipinski definition) is 3. The Labute approximate surface area is 92.9 Å². The number of carbonyl (C=O) groups excluding carboxylic acids is 2. The Morgan fingerprint density at radius 3 is 2.19 bits per heavy atom. The fraction of sp³-hybridized carbons (Fsp3) is 0.714. The van der Waals surface area contributed by atoms with Crippen molar-refractivity contribution in [3.05, 3.63) is 0 Å². The molecule has 0 aliphatic heterocycles. The third-order valence-electron chi connectivity index (χ3n) is 1.38. The van der Waals surface area contributed by atoms with Crippen molar-refractivity contribution < 1.29 is 31.9 Å². The van der Waals surface area contributed by atoms with Crippen LogP contribution < -0.4 is 5.32 Å². The maximum absolute atomic E-state index is 12.4. The Balaban J connectivity index is 5.04. The summed E-state index contributed by atoms with van der Waals surface area (Å²) in [5.74, 6) is -3.58. The molecule has 0 bridgehead atoms. The van der Waals surface area contributed by atoms with Crippen LogP contribution >= 0.6 is 11.6 Å². The van der Waals surface area contributed by atoms with E-state index in [-0.39, 0.29) is 6.61 Å². The second-order valence-corrected chi connectivity index (χ2v) is 3.13. The molecule has 0 saturated heterocycles. The van der Waals surface area contributed by atoms with Gasteiger partial charge in [0.1, 0.15) is 0 Å². The minimum absolute atomic E-state index is 0.366. The van der Waals surface area contributed by atoms with E-state index >= 15 is 0 Å². The summed E-state index contributed by atoms with van der Waals surface area (Å²) in [6.45, 7) is -0.846. The minimum Gasteiger partial charge on any atom is -0.463 e. The van der Waals surface area contributed by atoms with Crippen molar-refractivity contribution in [2.45, 2.75) is 18.1 Å². The van der Waals surface area contributed by atoms with E-state index in [0.717, 1.165) is 5.32 Å². The molecule has 9 heteroatoms. The molecule has 0 fully saturated rings. The first kappa shape index (κ1) is 14.9. The Morgan fingerprint density at radius 2 is 1.88 bits per heavy atom. The van der Waals surface area contributed by atoms with Gasteiger partial charge < -0.3 is 10.1 Å². The van der Waals surface area contributed by atoms with Gasteiger partial charge in [-0.15, -0.1) is 0 Å². The van der Waals surface area contributed by atoms with Crippen molar-refractivity contribution >= 4 is 23.5 Å². The maximum atomic E-state index is 12.4. The Bertz CT molecular complexity index is 283. The smallest absolute Gasteiger partial charge is 0.437 e. The Morgan fingerprint density at radius 1 is 1.38 bits per heavy atom. The lowest BCUT2D eigenvalue weighted by Gasteiger charge is -2.27. The Hall–Kier alpha value is -1.05. The zero-order valence-corrected chi connectivity index (χ0v) is 8.78. The van der Waals surface area contributed by atoms with Crippen LogP contribution in [0.5, 0.6) is 0 Å². The van der Waals surface area contributed by atoms with Crippen LogP contribution in [0.2, 0.25) is 0 Å². The summed E-state index contributed by atoms with van der Waals surface area (Å²) in [4.78, 5) is 17.7. The summed E-state index contributed by atoms with van der Waals surface area (Å²) in [5, 5.41) is 1.02. The van der Waals surface area contributed by atoms with Gasteiger partial charge >= 0.3 is 17.1 Å². The number of ether oxygens (including phenoxy) is 1. The van der Waals surface area contributed by atoms with Crippen molar-refractivity contribution in [2.75, 3.05) is 13.3 Å². The average molecular weight is 266 g/mol. The van der Waals surface area contributed by atoms with Crippen molar-refractivity contribution in [3.63, 3.8) is 0 Å². The number of alkyl halides is 5. The second-order valence-electron chi connectivity index (χ2n) is 2.56. The predicted molar refractivity (Wildman–Crippen MR) is 45.4 cm³/mol. The van der Waals surface area contributed by atoms with Gasteiger partial charge in [0.25, 0.3) is 5.91 Å². The van der Waals surface area contributed by atoms with E-state index in [4.69, 9.17) is 11.6 Å². The summed E-state index contributed by atoms with van der Waals surface area (Å²) in [6, 6.07) is 0. The minimum atomic E-state index is -5.30. The molecule has 1 N–H and O–H groups in total. The van der Waals surface area contributed by atoms with Gasteiger partial charge in [0.2, 0.25) is 0 Å². The van der Waals surface area contributed by atoms with E-state index in [1.54, 1.807) is 0 Å². The number of nitrogens with one attached hydrogen (secondary N) is 1. The highest BCUT2D eigenvalue weighted by Gasteiger charge is 2.62. The molecule has 0 rings (SSSR count). The highest BCUT2D eigenvalue weighted by molar-refractivity contribution is 6.35. The molecule has 0 radical (unpaired) electrons. The fourth-order valence-corrected chi connectivity index (χ4v) is 0.854. The van der Waals surface area contributed by atoms with Crippen molar-refractivity contribution in [2.24, 2.45) is 0 Å². The molecule has 0 aromatic rings. The van der Waals surface area contributed by atoms with Gasteiger partial charge in [0.05, 0.1) is 6.61 Å². The molecular formula is C7H8ClF4NO3. The molecule has 0 spiro atoms. The van der Waals surface area contributed by atoms with E-state index < -0.39 is 29.7 Å². The molecule has 1 atom stereocenters. The number of halogens is 5. The maximum Gasteiger partial charge on any atom is 0.437 e. The molecule has 0 aliphatic carbocycles. The zero-order valence-electron chi connectivity index (χ0n) is 8.03. The van der Waals surface area contributed by atoms with E-state index in [0.29, 0.717) is 0 Å². The van der Waals surface area contributed by atoms with Gasteiger partial charge in [0.15, 0.2) is 6.67 Å². The summed E-state index contributed by atoms with van der Waals surface area (Å²) < 4.78 is 53.0. The van der Waals surface area contributed by atoms with Crippen molar-refractivity contribution in [1.82, 2.24) is 5.32 Å². The van der Waals surface area contributed by atoms with Gasteiger partial charge in [-0.05, 0) is 6.92 Å². The third-order valence-corrected chi connectivity index (χ3v) is 1.84. The summed E-state index contributed by atoms with van der Waals surface area (Å²) >= 11 is 4.92. The molecule has 16 heavy (non-hydrogen) atoms. The van der Waals surface area contributed by atoms with E-state index in [9.17, 15) is 27.2 Å². The molecule has 0 saturated carbocycles. The van der Waals surface area contributed by atoms with Gasteiger partial charge in [-0.1, -0.05) is 11.6 Å². The van der Waals surface area contributed by atoms with Crippen molar-refractivity contribution in [1.29, 1.82) is 0 Å². The monoisotopic (exact) mass is 265 g/mol. The van der Waals surface area contributed by atoms with Gasteiger partial charge in [-0.3, -0.25) is 4.79 Å². The van der Waals surface area contributed by atoms with Gasteiger partial charge in [-0.2, -0.15) is 13.2 Å². The first-order chi connectivity index (χ1) is 7.19. The quantitative estimate of drug-likeness (QED) is 0.359. The van der Waals surface area contributed by atoms with E-state index in [1.165, 1.54) is 6.92 Å². The van der Waals surface area contributed by atoms with Crippen LogP contribution in [0.15, 0.2) is 0 Å². The van der Waals surface area contributed by atoms with Crippen LogP contribution in [0.25, 0.3) is 0 Å². The number of amides is 1. The molecule has 1 amide bonds. The highest BCUT2D eigenvalue weighted by Crippen LogP contribution is 2.35. The third kappa shape index (κ3) is 3.22. The van der Waals surface area contributed by atoms with E-state index in [1.807, 2.05) is 0 Å². The zero-order chi connectivity index (χ0) is 13.0. The molecule has 4 nitrogen and oxygen atoms in total. The SMILES string of the molecule is CCOC(=O)[C@](Cl)(NC(=O)CF)C(F)(F)F. The lowest BCUT2D eigenvalue weighted by molar-refractivity contribution is -0.195. The molecule has 0 unspecified atom stereocenters. The number of esters is 1. The highest BCUT2D eigenvalue weighted by atomic mass is 35.5. The van der Waals surface area contributed by atoms with E-state index in [2.05, 4.69) is 4.74 Å². The molecule has 0 aliphatic rings. The van der Waals surface area contributed by atoms with Gasteiger partial charge in [0, 0.05) is 0 Å². The number of rotatable bonds is 4. The van der Waals surface area contributed by atoms with Crippen LogP contribution in [0.4, 0.5) is 17.6 Å². The topological polar surface area (TPSA) is 55.4 Å². The van der Waals surface area contributed by atoms with Crippen LogP contribution in [-0.4, -0.2) is 36.3 Å². The molecular weight excluding hydrogens is 258 g/mol. The molecule has 94 valence electrons. The molecule has 0 aromatic heterocycles. The largest absolute Gasteiger partial charge is 0.463 e. The predicted octanol–water partition coefficient (Wildman–Crippen LogP) is 1.13. The lowest BCUT2D eigenvalue weighted by Crippen LogP contribution is -2.60. The van der Waals surface area contributed by atoms with Crippen LogP contribution in [-0.2, 0) is 14.3 Å². The molecule has 0 heterocycles. The summed E-state index contributed by atoms with van der Waals surface area (Å²) in [6.07, 6.45) is -5.30. The van der Waals surface area contributed by atoms with Gasteiger partial charge in [-0.25, -0.2) is 9.18 Å². The standard InChI is InChI=1S/C7H8ClF4NO3/c1-2-16-5(15)6(8,7(10,11)12)13-4(14)3-9/h2-3H2,1H3,(H,13,14)/t6-/m0/s1. The van der Waals surface area contributed by atoms with Crippen LogP contribution in [0.3, 0.4) is 0 Å². The molecule has 0 aromatic carbocycles. The van der Waals surface area contributed by atoms with Crippen LogP contribution in [0, 0.1) is 0 Å².